The first-order valence-electron chi connectivity index (χ1n) is 7.79. The monoisotopic (exact) mass is 440 g/mol. The fourth-order valence-corrected chi connectivity index (χ4v) is 3.52. The lowest BCUT2D eigenvalue weighted by Gasteiger charge is -2.07. The number of amides is 1. The summed E-state index contributed by atoms with van der Waals surface area (Å²) in [4.78, 5) is 16.8. The Hall–Kier alpha value is -3.25. The predicted molar refractivity (Wildman–Crippen MR) is 98.4 cm³/mol. The van der Waals surface area contributed by atoms with E-state index in [4.69, 9.17) is 11.6 Å². The Labute approximate surface area is 168 Å². The molecule has 0 unspecified atom stereocenters. The topological polar surface area (TPSA) is 94.8 Å². The number of halogens is 4. The van der Waals surface area contributed by atoms with Crippen LogP contribution in [0.3, 0.4) is 0 Å². The highest BCUT2D eigenvalue weighted by Crippen LogP contribution is 2.32. The van der Waals surface area contributed by atoms with Crippen molar-refractivity contribution in [1.82, 2.24) is 25.2 Å². The second-order valence-corrected chi connectivity index (χ2v) is 7.01. The summed E-state index contributed by atoms with van der Waals surface area (Å²) >= 11 is 7.12. The second-order valence-electron chi connectivity index (χ2n) is 5.57. The average Bonchev–Trinajstić information content (AvgIpc) is 3.29. The van der Waals surface area contributed by atoms with Crippen LogP contribution in [0.1, 0.15) is 10.4 Å². The normalized spacial score (nSPS) is 11.6. The maximum absolute atomic E-state index is 12.6. The molecule has 148 valence electrons. The molecule has 0 spiro atoms. The summed E-state index contributed by atoms with van der Waals surface area (Å²) in [6, 6.07) is 8.36. The molecule has 1 N–H and O–H groups in total. The van der Waals surface area contributed by atoms with Crippen LogP contribution in [0, 0.1) is 0 Å². The third kappa shape index (κ3) is 4.27. The van der Waals surface area contributed by atoms with Crippen LogP contribution in [0.2, 0.25) is 5.02 Å². The Morgan fingerprint density at radius 3 is 2.76 bits per heavy atom. The molecule has 0 bridgehead atoms. The molecule has 29 heavy (non-hydrogen) atoms. The van der Waals surface area contributed by atoms with Crippen LogP contribution in [-0.2, 0) is 0 Å². The summed E-state index contributed by atoms with van der Waals surface area (Å²) in [5, 5.41) is 13.8. The van der Waals surface area contributed by atoms with Crippen LogP contribution < -0.4 is 10.1 Å². The van der Waals surface area contributed by atoms with Gasteiger partial charge >= 0.3 is 6.36 Å². The number of tetrazole rings is 1. The molecule has 0 saturated heterocycles. The van der Waals surface area contributed by atoms with Crippen molar-refractivity contribution in [1.29, 1.82) is 0 Å². The molecule has 2 heterocycles. The van der Waals surface area contributed by atoms with Gasteiger partial charge in [-0.25, -0.2) is 9.67 Å². The minimum atomic E-state index is -4.79. The molecule has 2 aromatic heterocycles. The van der Waals surface area contributed by atoms with E-state index in [2.05, 4.69) is 30.6 Å². The van der Waals surface area contributed by atoms with Crippen LogP contribution in [0.5, 0.6) is 5.75 Å². The fraction of sp³-hybridized carbons (Fsp3) is 0.0625. The number of nitrogens with one attached hydrogen (secondary N) is 1. The smallest absolute Gasteiger partial charge is 0.406 e. The second kappa shape index (κ2) is 7.29. The highest BCUT2D eigenvalue weighted by Gasteiger charge is 2.31. The standard InChI is InChI=1S/C16H8ClF3N6O2S/c17-11-3-1-8(26-7-21-24-25-26)5-10(11)14(27)23-15-22-12-4-2-9(6-13(12)29-15)28-16(18,19)20/h1-7H,(H,22,23,27). The van der Waals surface area contributed by atoms with E-state index in [9.17, 15) is 18.0 Å². The van der Waals surface area contributed by atoms with E-state index in [1.807, 2.05) is 0 Å². The molecule has 0 aliphatic heterocycles. The number of carbonyl (C=O) groups excluding carboxylic acids is 1. The van der Waals surface area contributed by atoms with E-state index in [1.54, 1.807) is 6.07 Å². The number of carbonyl (C=O) groups is 1. The number of hydrogen-bond donors (Lipinski definition) is 1. The molecule has 0 radical (unpaired) electrons. The number of thiazole rings is 1. The van der Waals surface area contributed by atoms with Gasteiger partial charge in [-0.2, -0.15) is 0 Å². The summed E-state index contributed by atoms with van der Waals surface area (Å²) in [6.07, 6.45) is -3.43. The number of hydrogen-bond acceptors (Lipinski definition) is 7. The Morgan fingerprint density at radius 2 is 2.03 bits per heavy atom. The van der Waals surface area contributed by atoms with Gasteiger partial charge in [0.1, 0.15) is 12.1 Å². The van der Waals surface area contributed by atoms with Gasteiger partial charge in [0.25, 0.3) is 5.91 Å². The van der Waals surface area contributed by atoms with Crippen LogP contribution in [-0.4, -0.2) is 37.5 Å². The zero-order valence-electron chi connectivity index (χ0n) is 14.0. The Morgan fingerprint density at radius 1 is 1.21 bits per heavy atom. The van der Waals surface area contributed by atoms with Crippen molar-refractivity contribution in [2.24, 2.45) is 0 Å². The molecule has 0 aliphatic rings. The number of fused-ring (bicyclic) bond motifs is 1. The molecule has 4 rings (SSSR count). The molecule has 0 aliphatic carbocycles. The van der Waals surface area contributed by atoms with Crippen molar-refractivity contribution in [3.8, 4) is 11.4 Å². The van der Waals surface area contributed by atoms with Gasteiger partial charge in [0.05, 0.1) is 26.5 Å². The van der Waals surface area contributed by atoms with Gasteiger partial charge in [-0.3, -0.25) is 10.1 Å². The third-order valence-electron chi connectivity index (χ3n) is 3.62. The third-order valence-corrected chi connectivity index (χ3v) is 4.89. The lowest BCUT2D eigenvalue weighted by atomic mass is 10.2. The Balaban J connectivity index is 1.58. The van der Waals surface area contributed by atoms with Crippen molar-refractivity contribution in [2.45, 2.75) is 6.36 Å². The van der Waals surface area contributed by atoms with Gasteiger partial charge in [-0.15, -0.1) is 18.3 Å². The molecule has 1 amide bonds. The first-order chi connectivity index (χ1) is 13.8. The predicted octanol–water partition coefficient (Wildman–Crippen LogP) is 4.08. The molecular weight excluding hydrogens is 433 g/mol. The average molecular weight is 441 g/mol. The molecule has 0 saturated carbocycles. The highest BCUT2D eigenvalue weighted by molar-refractivity contribution is 7.22. The Kier molecular flexibility index (Phi) is 4.80. The summed E-state index contributed by atoms with van der Waals surface area (Å²) < 4.78 is 42.7. The number of benzene rings is 2. The quantitative estimate of drug-likeness (QED) is 0.514. The van der Waals surface area contributed by atoms with Crippen molar-refractivity contribution in [3.05, 3.63) is 53.3 Å². The lowest BCUT2D eigenvalue weighted by Crippen LogP contribution is -2.16. The van der Waals surface area contributed by atoms with Gasteiger partial charge in [-0.05, 0) is 40.8 Å². The molecule has 13 heteroatoms. The largest absolute Gasteiger partial charge is 0.573 e. The van der Waals surface area contributed by atoms with Crippen LogP contribution in [0.15, 0.2) is 42.7 Å². The maximum atomic E-state index is 12.6. The molecule has 0 atom stereocenters. The van der Waals surface area contributed by atoms with E-state index in [0.29, 0.717) is 15.9 Å². The molecule has 0 fully saturated rings. The van der Waals surface area contributed by atoms with E-state index in [1.165, 1.54) is 35.3 Å². The Bertz CT molecular complexity index is 1200. The number of nitrogens with zero attached hydrogens (tertiary/aromatic N) is 5. The number of aromatic nitrogens is 5. The summed E-state index contributed by atoms with van der Waals surface area (Å²) in [6.45, 7) is 0. The van der Waals surface area contributed by atoms with Gasteiger partial charge in [0, 0.05) is 6.07 Å². The van der Waals surface area contributed by atoms with E-state index in [0.717, 1.165) is 17.4 Å². The van der Waals surface area contributed by atoms with E-state index < -0.39 is 12.3 Å². The van der Waals surface area contributed by atoms with Crippen LogP contribution >= 0.6 is 22.9 Å². The summed E-state index contributed by atoms with van der Waals surface area (Å²) in [5.41, 5.74) is 1.08. The highest BCUT2D eigenvalue weighted by atomic mass is 35.5. The number of rotatable bonds is 4. The first kappa shape index (κ1) is 19.1. The molecular formula is C16H8ClF3N6O2S. The SMILES string of the molecule is O=C(Nc1nc2ccc(OC(F)(F)F)cc2s1)c1cc(-n2cnnn2)ccc1Cl. The zero-order valence-corrected chi connectivity index (χ0v) is 15.6. The van der Waals surface area contributed by atoms with Gasteiger partial charge in [0.2, 0.25) is 0 Å². The van der Waals surface area contributed by atoms with Crippen LogP contribution in [0.4, 0.5) is 18.3 Å². The molecule has 8 nitrogen and oxygen atoms in total. The van der Waals surface area contributed by atoms with Crippen molar-refractivity contribution < 1.29 is 22.7 Å². The fourth-order valence-electron chi connectivity index (χ4n) is 2.43. The number of alkyl halides is 3. The van der Waals surface area contributed by atoms with E-state index in [-0.39, 0.29) is 21.5 Å². The number of ether oxygens (including phenoxy) is 1. The number of anilines is 1. The van der Waals surface area contributed by atoms with Crippen molar-refractivity contribution >= 4 is 44.2 Å². The van der Waals surface area contributed by atoms with Crippen molar-refractivity contribution in [2.75, 3.05) is 5.32 Å². The minimum Gasteiger partial charge on any atom is -0.406 e. The van der Waals surface area contributed by atoms with E-state index >= 15 is 0 Å². The zero-order chi connectivity index (χ0) is 20.6. The van der Waals surface area contributed by atoms with Gasteiger partial charge in [-0.1, -0.05) is 22.9 Å². The summed E-state index contributed by atoms with van der Waals surface area (Å²) in [7, 11) is 0. The minimum absolute atomic E-state index is 0.153. The van der Waals surface area contributed by atoms with Gasteiger partial charge < -0.3 is 4.74 Å². The first-order valence-corrected chi connectivity index (χ1v) is 8.98. The summed E-state index contributed by atoms with van der Waals surface area (Å²) in [5.74, 6) is -0.917. The van der Waals surface area contributed by atoms with Gasteiger partial charge in [0.15, 0.2) is 5.13 Å². The van der Waals surface area contributed by atoms with Crippen molar-refractivity contribution in [3.63, 3.8) is 0 Å². The molecule has 4 aromatic rings. The lowest BCUT2D eigenvalue weighted by molar-refractivity contribution is -0.274. The molecule has 2 aromatic carbocycles. The van der Waals surface area contributed by atoms with Crippen LogP contribution in [0.25, 0.3) is 15.9 Å². The maximum Gasteiger partial charge on any atom is 0.573 e.